The van der Waals surface area contributed by atoms with Gasteiger partial charge in [-0.3, -0.25) is 0 Å². The Balaban J connectivity index is 1.93. The van der Waals surface area contributed by atoms with E-state index in [1.165, 1.54) is 18.4 Å². The summed E-state index contributed by atoms with van der Waals surface area (Å²) >= 11 is 0. The van der Waals surface area contributed by atoms with Gasteiger partial charge in [0.15, 0.2) is 0 Å². The molecule has 0 radical (unpaired) electrons. The van der Waals surface area contributed by atoms with Gasteiger partial charge in [-0.05, 0) is 37.2 Å². The molecule has 0 bridgehead atoms. The normalized spacial score (nSPS) is 39.2. The summed E-state index contributed by atoms with van der Waals surface area (Å²) in [5, 5.41) is 0. The zero-order chi connectivity index (χ0) is 12.8. The van der Waals surface area contributed by atoms with Crippen LogP contribution in [0.1, 0.15) is 51.1 Å². The van der Waals surface area contributed by atoms with E-state index in [0.29, 0.717) is 5.92 Å². The smallest absolute Gasteiger partial charge is 0.124 e. The molecule has 1 saturated carbocycles. The van der Waals surface area contributed by atoms with Gasteiger partial charge in [0.05, 0.1) is 0 Å². The number of rotatable bonds is 0. The molecule has 0 amide bonds. The number of fused-ring (bicyclic) bond motifs is 1. The second-order valence-corrected chi connectivity index (χ2v) is 6.30. The molecule has 1 heterocycles. The van der Waals surface area contributed by atoms with Gasteiger partial charge in [0.25, 0.3) is 0 Å². The van der Waals surface area contributed by atoms with Crippen molar-refractivity contribution in [2.45, 2.75) is 51.2 Å². The van der Waals surface area contributed by atoms with Crippen LogP contribution in [0.5, 0.6) is 5.75 Å². The minimum atomic E-state index is -0.0136. The fraction of sp³-hybridized carbons (Fsp3) is 0.625. The molecule has 1 aliphatic heterocycles. The van der Waals surface area contributed by atoms with Crippen LogP contribution in [-0.4, -0.2) is 5.60 Å². The molecule has 2 N–H and O–H groups in total. The average Bonchev–Trinajstić information content (AvgIpc) is 2.35. The Morgan fingerprint density at radius 1 is 1.28 bits per heavy atom. The molecule has 1 aliphatic carbocycles. The summed E-state index contributed by atoms with van der Waals surface area (Å²) in [7, 11) is 0. The Kier molecular flexibility index (Phi) is 2.86. The minimum Gasteiger partial charge on any atom is -0.487 e. The monoisotopic (exact) mass is 245 g/mol. The first kappa shape index (κ1) is 12.0. The number of nitrogens with two attached hydrogens (primary N) is 1. The molecular formula is C16H23NO. The highest BCUT2D eigenvalue weighted by atomic mass is 16.5. The van der Waals surface area contributed by atoms with Gasteiger partial charge in [0.1, 0.15) is 11.4 Å². The van der Waals surface area contributed by atoms with Crippen LogP contribution in [0.15, 0.2) is 24.3 Å². The number of benzene rings is 1. The molecule has 3 rings (SSSR count). The zero-order valence-corrected chi connectivity index (χ0v) is 11.4. The molecule has 98 valence electrons. The average molecular weight is 245 g/mol. The topological polar surface area (TPSA) is 35.2 Å². The van der Waals surface area contributed by atoms with Crippen LogP contribution in [-0.2, 0) is 0 Å². The van der Waals surface area contributed by atoms with Crippen LogP contribution in [0.4, 0.5) is 0 Å². The van der Waals surface area contributed by atoms with Crippen molar-refractivity contribution in [1.82, 2.24) is 0 Å². The van der Waals surface area contributed by atoms with Crippen LogP contribution in [0.3, 0.4) is 0 Å². The van der Waals surface area contributed by atoms with E-state index in [2.05, 4.69) is 26.0 Å². The van der Waals surface area contributed by atoms with Crippen molar-refractivity contribution in [3.8, 4) is 5.75 Å². The highest BCUT2D eigenvalue weighted by molar-refractivity contribution is 5.39. The molecule has 1 spiro atoms. The molecule has 2 heteroatoms. The second-order valence-electron chi connectivity index (χ2n) is 6.30. The summed E-state index contributed by atoms with van der Waals surface area (Å²) < 4.78 is 6.41. The number of hydrogen-bond acceptors (Lipinski definition) is 2. The third-order valence-electron chi connectivity index (χ3n) is 4.91. The first-order chi connectivity index (χ1) is 8.61. The predicted octanol–water partition coefficient (Wildman–Crippen LogP) is 3.66. The van der Waals surface area contributed by atoms with Crippen LogP contribution in [0.25, 0.3) is 0 Å². The lowest BCUT2D eigenvalue weighted by Gasteiger charge is -2.49. The molecule has 0 saturated heterocycles. The maximum Gasteiger partial charge on any atom is 0.124 e. The summed E-state index contributed by atoms with van der Waals surface area (Å²) in [6, 6.07) is 8.39. The Labute approximate surface area is 110 Å². The van der Waals surface area contributed by atoms with E-state index < -0.39 is 0 Å². The predicted molar refractivity (Wildman–Crippen MR) is 73.5 cm³/mol. The van der Waals surface area contributed by atoms with E-state index in [0.717, 1.165) is 24.5 Å². The van der Waals surface area contributed by atoms with Crippen molar-refractivity contribution in [3.63, 3.8) is 0 Å². The molecular weight excluding hydrogens is 222 g/mol. The van der Waals surface area contributed by atoms with Crippen LogP contribution in [0.2, 0.25) is 0 Å². The number of hydrogen-bond donors (Lipinski definition) is 1. The van der Waals surface area contributed by atoms with E-state index in [1.54, 1.807) is 0 Å². The van der Waals surface area contributed by atoms with Crippen molar-refractivity contribution in [2.24, 2.45) is 17.6 Å². The van der Waals surface area contributed by atoms with Gasteiger partial charge in [-0.15, -0.1) is 0 Å². The van der Waals surface area contributed by atoms with Gasteiger partial charge < -0.3 is 10.5 Å². The second kappa shape index (κ2) is 4.27. The number of para-hydroxylation sites is 1. The third-order valence-corrected chi connectivity index (χ3v) is 4.91. The van der Waals surface area contributed by atoms with Crippen LogP contribution >= 0.6 is 0 Å². The van der Waals surface area contributed by atoms with Gasteiger partial charge >= 0.3 is 0 Å². The van der Waals surface area contributed by atoms with Gasteiger partial charge in [0.2, 0.25) is 0 Å². The van der Waals surface area contributed by atoms with E-state index in [4.69, 9.17) is 10.5 Å². The standard InChI is InChI=1S/C16H23NO/c1-11-7-8-16(12(2)9-11)10-14(17)13-5-3-4-6-15(13)18-16/h3-6,11-12,14H,7-10,17H2,1-2H3/t11?,12?,14-,16?/m1/s1. The molecule has 1 aromatic carbocycles. The lowest BCUT2D eigenvalue weighted by molar-refractivity contribution is -0.0519. The number of ether oxygens (including phenoxy) is 1. The summed E-state index contributed by atoms with van der Waals surface area (Å²) in [6.07, 6.45) is 4.64. The van der Waals surface area contributed by atoms with E-state index in [9.17, 15) is 0 Å². The van der Waals surface area contributed by atoms with Gasteiger partial charge in [0, 0.05) is 18.0 Å². The van der Waals surface area contributed by atoms with Gasteiger partial charge in [-0.1, -0.05) is 32.0 Å². The summed E-state index contributed by atoms with van der Waals surface area (Å²) in [5.41, 5.74) is 7.53. The first-order valence-electron chi connectivity index (χ1n) is 7.14. The quantitative estimate of drug-likeness (QED) is 0.757. The first-order valence-corrected chi connectivity index (χ1v) is 7.14. The molecule has 2 nitrogen and oxygen atoms in total. The van der Waals surface area contributed by atoms with E-state index in [-0.39, 0.29) is 11.6 Å². The van der Waals surface area contributed by atoms with Crippen molar-refractivity contribution in [2.75, 3.05) is 0 Å². The van der Waals surface area contributed by atoms with Gasteiger partial charge in [-0.25, -0.2) is 0 Å². The van der Waals surface area contributed by atoms with Gasteiger partial charge in [-0.2, -0.15) is 0 Å². The Bertz CT molecular complexity index is 444. The van der Waals surface area contributed by atoms with E-state index >= 15 is 0 Å². The highest BCUT2D eigenvalue weighted by Gasteiger charge is 2.46. The molecule has 3 unspecified atom stereocenters. The van der Waals surface area contributed by atoms with Crippen molar-refractivity contribution >= 4 is 0 Å². The van der Waals surface area contributed by atoms with Crippen LogP contribution in [0, 0.1) is 11.8 Å². The SMILES string of the molecule is CC1CCC2(C[C@@H](N)c3ccccc3O2)C(C)C1. The van der Waals surface area contributed by atoms with Crippen molar-refractivity contribution in [1.29, 1.82) is 0 Å². The Hall–Kier alpha value is -1.02. The minimum absolute atomic E-state index is 0.0136. The lowest BCUT2D eigenvalue weighted by Crippen LogP contribution is -2.50. The van der Waals surface area contributed by atoms with Crippen molar-refractivity contribution < 1.29 is 4.74 Å². The lowest BCUT2D eigenvalue weighted by atomic mass is 9.68. The van der Waals surface area contributed by atoms with Crippen molar-refractivity contribution in [3.05, 3.63) is 29.8 Å². The van der Waals surface area contributed by atoms with Crippen LogP contribution < -0.4 is 10.5 Å². The molecule has 4 atom stereocenters. The Morgan fingerprint density at radius 3 is 2.83 bits per heavy atom. The third kappa shape index (κ3) is 1.83. The summed E-state index contributed by atoms with van der Waals surface area (Å²) in [5.74, 6) is 2.43. The van der Waals surface area contributed by atoms with E-state index in [1.807, 2.05) is 12.1 Å². The maximum atomic E-state index is 6.41. The summed E-state index contributed by atoms with van der Waals surface area (Å²) in [4.78, 5) is 0. The molecule has 18 heavy (non-hydrogen) atoms. The molecule has 1 fully saturated rings. The molecule has 1 aromatic rings. The summed E-state index contributed by atoms with van der Waals surface area (Å²) in [6.45, 7) is 4.68. The maximum absolute atomic E-state index is 6.41. The molecule has 2 aliphatic rings. The fourth-order valence-corrected chi connectivity index (χ4v) is 3.75. The Morgan fingerprint density at radius 2 is 2.06 bits per heavy atom. The molecule has 0 aromatic heterocycles. The largest absolute Gasteiger partial charge is 0.487 e. The fourth-order valence-electron chi connectivity index (χ4n) is 3.75. The zero-order valence-electron chi connectivity index (χ0n) is 11.4. The highest BCUT2D eigenvalue weighted by Crippen LogP contribution is 2.48.